The summed E-state index contributed by atoms with van der Waals surface area (Å²) in [5.41, 5.74) is 2.99. The number of thiophene rings is 1. The Morgan fingerprint density at radius 1 is 1.10 bits per heavy atom. The van der Waals surface area contributed by atoms with Crippen LogP contribution in [0.3, 0.4) is 0 Å². The van der Waals surface area contributed by atoms with Crippen LogP contribution in [0.15, 0.2) is 69.9 Å². The predicted octanol–water partition coefficient (Wildman–Crippen LogP) is 3.48. The van der Waals surface area contributed by atoms with Crippen molar-refractivity contribution in [1.82, 2.24) is 9.55 Å². The van der Waals surface area contributed by atoms with Crippen LogP contribution in [0.4, 0.5) is 5.69 Å². The third-order valence-corrected chi connectivity index (χ3v) is 6.82. The van der Waals surface area contributed by atoms with Crippen LogP contribution in [0.25, 0.3) is 21.3 Å². The lowest BCUT2D eigenvalue weighted by atomic mass is 10.1. The lowest BCUT2D eigenvalue weighted by molar-refractivity contribution is -0.116. The number of aromatic nitrogens is 2. The van der Waals surface area contributed by atoms with Gasteiger partial charge in [-0.3, -0.25) is 14.2 Å². The van der Waals surface area contributed by atoms with Crippen molar-refractivity contribution in [3.63, 3.8) is 0 Å². The molecule has 4 rings (SSSR count). The van der Waals surface area contributed by atoms with E-state index in [1.165, 1.54) is 46.5 Å². The fraction of sp³-hybridized carbons (Fsp3) is 0.136. The van der Waals surface area contributed by atoms with E-state index in [1.54, 1.807) is 0 Å². The van der Waals surface area contributed by atoms with Gasteiger partial charge in [-0.15, -0.1) is 11.3 Å². The first kappa shape index (κ1) is 21.0. The van der Waals surface area contributed by atoms with Gasteiger partial charge in [0.1, 0.15) is 11.4 Å². The summed E-state index contributed by atoms with van der Waals surface area (Å²) in [4.78, 5) is 30.7. The van der Waals surface area contributed by atoms with Gasteiger partial charge in [-0.05, 0) is 36.8 Å². The lowest BCUT2D eigenvalue weighted by Gasteiger charge is -2.08. The average Bonchev–Trinajstić information content (AvgIpc) is 3.15. The maximum absolute atomic E-state index is 13.1. The molecule has 0 fully saturated rings. The quantitative estimate of drug-likeness (QED) is 0.499. The molecule has 9 heteroatoms. The summed E-state index contributed by atoms with van der Waals surface area (Å²) < 4.78 is 24.4. The van der Waals surface area contributed by atoms with E-state index in [2.05, 4.69) is 10.3 Å². The Bertz CT molecular complexity index is 1440. The van der Waals surface area contributed by atoms with Crippen molar-refractivity contribution in [3.05, 3.63) is 76.2 Å². The third-order valence-electron chi connectivity index (χ3n) is 4.80. The minimum Gasteiger partial charge on any atom is -0.325 e. The maximum Gasteiger partial charge on any atom is 0.263 e. The number of fused-ring (bicyclic) bond motifs is 1. The van der Waals surface area contributed by atoms with Gasteiger partial charge in [0.25, 0.3) is 5.56 Å². The second-order valence-electron chi connectivity index (χ2n) is 7.22. The summed E-state index contributed by atoms with van der Waals surface area (Å²) in [6.45, 7) is 1.79. The second kappa shape index (κ2) is 8.09. The van der Waals surface area contributed by atoms with Crippen molar-refractivity contribution in [3.8, 4) is 11.1 Å². The van der Waals surface area contributed by atoms with Gasteiger partial charge in [0.2, 0.25) is 5.91 Å². The summed E-state index contributed by atoms with van der Waals surface area (Å²) >= 11 is 1.39. The maximum atomic E-state index is 13.1. The number of aryl methyl sites for hydroxylation is 1. The molecule has 0 unspecified atom stereocenters. The normalized spacial score (nSPS) is 11.5. The second-order valence-corrected chi connectivity index (χ2v) is 10.1. The summed E-state index contributed by atoms with van der Waals surface area (Å²) in [7, 11) is -3.31. The Kier molecular flexibility index (Phi) is 5.47. The van der Waals surface area contributed by atoms with Crippen molar-refractivity contribution in [1.29, 1.82) is 0 Å². The van der Waals surface area contributed by atoms with E-state index < -0.39 is 15.7 Å². The van der Waals surface area contributed by atoms with Gasteiger partial charge in [0, 0.05) is 22.9 Å². The molecule has 158 valence electrons. The number of carbonyl (C=O) groups is 1. The van der Waals surface area contributed by atoms with Crippen molar-refractivity contribution < 1.29 is 13.2 Å². The zero-order valence-electron chi connectivity index (χ0n) is 16.8. The molecule has 0 saturated heterocycles. The highest BCUT2D eigenvalue weighted by atomic mass is 32.2. The van der Waals surface area contributed by atoms with Gasteiger partial charge >= 0.3 is 0 Å². The summed E-state index contributed by atoms with van der Waals surface area (Å²) in [6, 6.07) is 13.7. The van der Waals surface area contributed by atoms with Crippen LogP contribution < -0.4 is 10.9 Å². The van der Waals surface area contributed by atoms with E-state index in [9.17, 15) is 18.0 Å². The van der Waals surface area contributed by atoms with E-state index in [0.29, 0.717) is 15.9 Å². The van der Waals surface area contributed by atoms with E-state index in [1.807, 2.05) is 36.6 Å². The molecular formula is C22H19N3O4S2. The van der Waals surface area contributed by atoms with E-state index in [4.69, 9.17) is 0 Å². The number of sulfone groups is 1. The predicted molar refractivity (Wildman–Crippen MR) is 122 cm³/mol. The molecule has 1 amide bonds. The third kappa shape index (κ3) is 4.42. The number of nitrogens with one attached hydrogen (secondary N) is 1. The number of hydrogen-bond donors (Lipinski definition) is 1. The topological polar surface area (TPSA) is 98.1 Å². The number of amides is 1. The first-order valence-electron chi connectivity index (χ1n) is 9.36. The summed E-state index contributed by atoms with van der Waals surface area (Å²) in [5, 5.41) is 5.06. The number of nitrogens with zero attached hydrogens (tertiary/aromatic N) is 2. The number of carbonyl (C=O) groups excluding carboxylic acids is 1. The lowest BCUT2D eigenvalue weighted by Crippen LogP contribution is -2.27. The number of benzene rings is 2. The SMILES string of the molecule is Cc1ccc(-c2csc3ncn(CC(=O)Nc4ccc(S(C)(=O)=O)cc4)c(=O)c23)cc1. The molecule has 0 aliphatic carbocycles. The first-order valence-corrected chi connectivity index (χ1v) is 12.1. The molecule has 0 atom stereocenters. The van der Waals surface area contributed by atoms with Crippen molar-refractivity contribution >= 4 is 43.0 Å². The summed E-state index contributed by atoms with van der Waals surface area (Å²) in [5.74, 6) is -0.414. The molecule has 4 aromatic rings. The van der Waals surface area contributed by atoms with Crippen LogP contribution in [-0.2, 0) is 21.2 Å². The Hall–Kier alpha value is -3.30. The molecule has 0 spiro atoms. The van der Waals surface area contributed by atoms with Gasteiger partial charge in [0.15, 0.2) is 9.84 Å². The molecule has 1 N–H and O–H groups in total. The zero-order chi connectivity index (χ0) is 22.2. The Morgan fingerprint density at radius 3 is 2.42 bits per heavy atom. The Labute approximate surface area is 182 Å². The minimum atomic E-state index is -3.31. The van der Waals surface area contributed by atoms with Crippen LogP contribution in [0.5, 0.6) is 0 Å². The van der Waals surface area contributed by atoms with Crippen molar-refractivity contribution in [2.75, 3.05) is 11.6 Å². The highest BCUT2D eigenvalue weighted by Crippen LogP contribution is 2.30. The van der Waals surface area contributed by atoms with Crippen LogP contribution >= 0.6 is 11.3 Å². The van der Waals surface area contributed by atoms with Gasteiger partial charge in [-0.25, -0.2) is 13.4 Å². The molecule has 0 aliphatic rings. The van der Waals surface area contributed by atoms with Gasteiger partial charge in [-0.2, -0.15) is 0 Å². The van der Waals surface area contributed by atoms with Crippen LogP contribution in [0.2, 0.25) is 0 Å². The standard InChI is InChI=1S/C22H19N3O4S2/c1-14-3-5-15(6-4-14)18-12-30-21-20(18)22(27)25(13-23-21)11-19(26)24-16-7-9-17(10-8-16)31(2,28)29/h3-10,12-13H,11H2,1-2H3,(H,24,26). The number of hydrogen-bond acceptors (Lipinski definition) is 6. The molecule has 2 aromatic carbocycles. The highest BCUT2D eigenvalue weighted by Gasteiger charge is 2.15. The molecule has 7 nitrogen and oxygen atoms in total. The van der Waals surface area contributed by atoms with Gasteiger partial charge in [-0.1, -0.05) is 29.8 Å². The van der Waals surface area contributed by atoms with Crippen molar-refractivity contribution in [2.24, 2.45) is 0 Å². The molecule has 2 aromatic heterocycles. The first-order chi connectivity index (χ1) is 14.7. The molecule has 2 heterocycles. The molecule has 31 heavy (non-hydrogen) atoms. The van der Waals surface area contributed by atoms with E-state index >= 15 is 0 Å². The molecule has 0 radical (unpaired) electrons. The van der Waals surface area contributed by atoms with Gasteiger partial charge < -0.3 is 5.32 Å². The van der Waals surface area contributed by atoms with Crippen LogP contribution in [0.1, 0.15) is 5.56 Å². The Balaban J connectivity index is 1.59. The van der Waals surface area contributed by atoms with Crippen LogP contribution in [0, 0.1) is 6.92 Å². The monoisotopic (exact) mass is 453 g/mol. The zero-order valence-corrected chi connectivity index (χ0v) is 18.5. The highest BCUT2D eigenvalue weighted by molar-refractivity contribution is 7.90. The fourth-order valence-electron chi connectivity index (χ4n) is 3.17. The molecule has 0 saturated carbocycles. The van der Waals surface area contributed by atoms with Crippen molar-refractivity contribution in [2.45, 2.75) is 18.4 Å². The largest absolute Gasteiger partial charge is 0.325 e. The van der Waals surface area contributed by atoms with E-state index in [0.717, 1.165) is 22.9 Å². The molecular weight excluding hydrogens is 434 g/mol. The Morgan fingerprint density at radius 2 is 1.77 bits per heavy atom. The fourth-order valence-corrected chi connectivity index (χ4v) is 4.70. The smallest absolute Gasteiger partial charge is 0.263 e. The average molecular weight is 454 g/mol. The van der Waals surface area contributed by atoms with Crippen LogP contribution in [-0.4, -0.2) is 30.1 Å². The molecule has 0 aliphatic heterocycles. The molecule has 0 bridgehead atoms. The summed E-state index contributed by atoms with van der Waals surface area (Å²) in [6.07, 6.45) is 2.48. The minimum absolute atomic E-state index is 0.164. The van der Waals surface area contributed by atoms with E-state index in [-0.39, 0.29) is 17.0 Å². The number of rotatable bonds is 5. The number of anilines is 1. The van der Waals surface area contributed by atoms with Gasteiger partial charge in [0.05, 0.1) is 16.6 Å².